The van der Waals surface area contributed by atoms with Gasteiger partial charge in [-0.25, -0.2) is 0 Å². The topological polar surface area (TPSA) is 29.1 Å². The Labute approximate surface area is 173 Å². The molecule has 0 amide bonds. The van der Waals surface area contributed by atoms with Crippen LogP contribution in [-0.2, 0) is 4.79 Å². The van der Waals surface area contributed by atoms with E-state index >= 15 is 0 Å². The lowest BCUT2D eigenvalue weighted by Crippen LogP contribution is -2.33. The van der Waals surface area contributed by atoms with Crippen LogP contribution in [0.3, 0.4) is 0 Å². The Morgan fingerprint density at radius 2 is 1.71 bits per heavy atom. The highest BCUT2D eigenvalue weighted by atomic mass is 79.9. The van der Waals surface area contributed by atoms with E-state index in [0.717, 1.165) is 27.7 Å². The number of allylic oxidation sites excluding steroid dienone is 1. The lowest BCUT2D eigenvalue weighted by atomic mass is 9.68. The Hall–Kier alpha value is -2.39. The standard InChI is InChI=1S/C25H22BrNO/c1-25(2)13-18-22-16-8-4-3-7-15(16)11-12-20(22)27-24(23(18)21(28)14-25)17-9-5-6-10-19(17)26/h3-12,24,27H,13-14H2,1-2H3/t24-/m0/s1. The number of nitrogens with one attached hydrogen (secondary N) is 1. The summed E-state index contributed by atoms with van der Waals surface area (Å²) in [5.74, 6) is 0.262. The highest BCUT2D eigenvalue weighted by Crippen LogP contribution is 2.52. The molecule has 3 heteroatoms. The van der Waals surface area contributed by atoms with Gasteiger partial charge in [-0.2, -0.15) is 0 Å². The van der Waals surface area contributed by atoms with Crippen molar-refractivity contribution in [3.63, 3.8) is 0 Å². The number of benzene rings is 3. The summed E-state index contributed by atoms with van der Waals surface area (Å²) in [6.07, 6.45) is 1.51. The van der Waals surface area contributed by atoms with Crippen LogP contribution in [0, 0.1) is 5.41 Å². The normalized spacial score (nSPS) is 20.5. The van der Waals surface area contributed by atoms with Crippen molar-refractivity contribution >= 4 is 43.7 Å². The van der Waals surface area contributed by atoms with Crippen molar-refractivity contribution in [1.82, 2.24) is 0 Å². The average Bonchev–Trinajstić information content (AvgIpc) is 2.66. The van der Waals surface area contributed by atoms with Crippen molar-refractivity contribution in [3.8, 4) is 0 Å². The van der Waals surface area contributed by atoms with Crippen molar-refractivity contribution in [1.29, 1.82) is 0 Å². The van der Waals surface area contributed by atoms with Gasteiger partial charge in [0.2, 0.25) is 0 Å². The molecule has 0 spiro atoms. The van der Waals surface area contributed by atoms with Gasteiger partial charge in [-0.1, -0.05) is 78.3 Å². The molecule has 3 aromatic rings. The van der Waals surface area contributed by atoms with Gasteiger partial charge in [0.1, 0.15) is 0 Å². The summed E-state index contributed by atoms with van der Waals surface area (Å²) in [5.41, 5.74) is 5.56. The molecule has 1 N–H and O–H groups in total. The van der Waals surface area contributed by atoms with E-state index in [1.165, 1.54) is 21.9 Å². The number of ketones is 1. The maximum atomic E-state index is 13.4. The molecule has 0 saturated carbocycles. The number of hydrogen-bond acceptors (Lipinski definition) is 2. The molecule has 3 aromatic carbocycles. The molecule has 140 valence electrons. The smallest absolute Gasteiger partial charge is 0.162 e. The monoisotopic (exact) mass is 431 g/mol. The Morgan fingerprint density at radius 3 is 2.54 bits per heavy atom. The van der Waals surface area contributed by atoms with Gasteiger partial charge in [-0.3, -0.25) is 4.79 Å². The number of hydrogen-bond donors (Lipinski definition) is 1. The van der Waals surface area contributed by atoms with E-state index in [-0.39, 0.29) is 17.2 Å². The molecule has 28 heavy (non-hydrogen) atoms. The number of rotatable bonds is 1. The number of halogens is 1. The summed E-state index contributed by atoms with van der Waals surface area (Å²) in [5, 5.41) is 6.13. The Bertz CT molecular complexity index is 1160. The van der Waals surface area contributed by atoms with Crippen LogP contribution < -0.4 is 5.32 Å². The first-order valence-electron chi connectivity index (χ1n) is 9.74. The Kier molecular flexibility index (Phi) is 3.99. The van der Waals surface area contributed by atoms with Gasteiger partial charge in [0, 0.05) is 27.7 Å². The molecule has 2 aliphatic rings. The molecule has 0 radical (unpaired) electrons. The molecule has 2 nitrogen and oxygen atoms in total. The molecule has 1 atom stereocenters. The zero-order valence-corrected chi connectivity index (χ0v) is 17.6. The molecular weight excluding hydrogens is 410 g/mol. The van der Waals surface area contributed by atoms with Gasteiger partial charge in [-0.15, -0.1) is 0 Å². The molecule has 0 fully saturated rings. The number of Topliss-reactive ketones (excluding diaryl/α,β-unsaturated/α-hetero) is 1. The van der Waals surface area contributed by atoms with Crippen LogP contribution in [0.4, 0.5) is 5.69 Å². The lowest BCUT2D eigenvalue weighted by Gasteiger charge is -2.40. The summed E-state index contributed by atoms with van der Waals surface area (Å²) in [6, 6.07) is 20.9. The number of anilines is 1. The third-order valence-corrected chi connectivity index (χ3v) is 6.68. The molecule has 5 rings (SSSR count). The van der Waals surface area contributed by atoms with Crippen molar-refractivity contribution in [3.05, 3.63) is 81.8 Å². The van der Waals surface area contributed by atoms with E-state index in [1.54, 1.807) is 0 Å². The molecule has 1 aliphatic heterocycles. The van der Waals surface area contributed by atoms with E-state index in [4.69, 9.17) is 0 Å². The van der Waals surface area contributed by atoms with E-state index in [2.05, 4.69) is 77.6 Å². The minimum absolute atomic E-state index is 0.0278. The maximum absolute atomic E-state index is 13.4. The first-order chi connectivity index (χ1) is 13.4. The van der Waals surface area contributed by atoms with Crippen LogP contribution in [0.1, 0.15) is 43.9 Å². The predicted molar refractivity (Wildman–Crippen MR) is 119 cm³/mol. The van der Waals surface area contributed by atoms with Gasteiger partial charge < -0.3 is 5.32 Å². The lowest BCUT2D eigenvalue weighted by molar-refractivity contribution is -0.118. The second-order valence-electron chi connectivity index (χ2n) is 8.64. The third kappa shape index (κ3) is 2.72. The first kappa shape index (κ1) is 17.7. The van der Waals surface area contributed by atoms with Crippen LogP contribution in [0.2, 0.25) is 0 Å². The van der Waals surface area contributed by atoms with Gasteiger partial charge in [0.25, 0.3) is 0 Å². The Morgan fingerprint density at radius 1 is 0.964 bits per heavy atom. The van der Waals surface area contributed by atoms with Crippen LogP contribution >= 0.6 is 15.9 Å². The highest BCUT2D eigenvalue weighted by molar-refractivity contribution is 9.10. The molecule has 0 bridgehead atoms. The summed E-state index contributed by atoms with van der Waals surface area (Å²) in [7, 11) is 0. The van der Waals surface area contributed by atoms with Crippen LogP contribution in [0.15, 0.2) is 70.7 Å². The van der Waals surface area contributed by atoms with E-state index in [1.807, 2.05) is 18.2 Å². The van der Waals surface area contributed by atoms with Gasteiger partial charge >= 0.3 is 0 Å². The number of carbonyl (C=O) groups excluding carboxylic acids is 1. The molecule has 1 heterocycles. The average molecular weight is 432 g/mol. The van der Waals surface area contributed by atoms with Crippen LogP contribution in [0.25, 0.3) is 16.3 Å². The minimum Gasteiger partial charge on any atom is -0.373 e. The molecule has 0 saturated heterocycles. The van der Waals surface area contributed by atoms with Crippen LogP contribution in [-0.4, -0.2) is 5.78 Å². The predicted octanol–water partition coefficient (Wildman–Crippen LogP) is 6.91. The fourth-order valence-electron chi connectivity index (χ4n) is 4.78. The zero-order chi connectivity index (χ0) is 19.5. The zero-order valence-electron chi connectivity index (χ0n) is 16.1. The van der Waals surface area contributed by atoms with Gasteiger partial charge in [0.05, 0.1) is 6.04 Å². The number of carbonyl (C=O) groups is 1. The minimum atomic E-state index is -0.122. The van der Waals surface area contributed by atoms with E-state index < -0.39 is 0 Å². The Balaban J connectivity index is 1.83. The SMILES string of the molecule is CC1(C)CC(=O)C2=C(C1)c1c(ccc3ccccc13)N[C@H]2c1ccccc1Br. The third-order valence-electron chi connectivity index (χ3n) is 5.96. The summed E-state index contributed by atoms with van der Waals surface area (Å²) >= 11 is 3.70. The highest BCUT2D eigenvalue weighted by Gasteiger charge is 2.41. The molecule has 0 aromatic heterocycles. The van der Waals surface area contributed by atoms with Gasteiger partial charge in [0.15, 0.2) is 5.78 Å². The largest absolute Gasteiger partial charge is 0.373 e. The maximum Gasteiger partial charge on any atom is 0.162 e. The summed E-state index contributed by atoms with van der Waals surface area (Å²) < 4.78 is 1.03. The molecular formula is C25H22BrNO. The molecule has 0 unspecified atom stereocenters. The van der Waals surface area contributed by atoms with Crippen molar-refractivity contribution in [2.24, 2.45) is 5.41 Å². The quantitative estimate of drug-likeness (QED) is 0.453. The molecule has 1 aliphatic carbocycles. The van der Waals surface area contributed by atoms with E-state index in [0.29, 0.717) is 6.42 Å². The van der Waals surface area contributed by atoms with Crippen molar-refractivity contribution in [2.45, 2.75) is 32.7 Å². The summed E-state index contributed by atoms with van der Waals surface area (Å²) in [6.45, 7) is 4.41. The second kappa shape index (κ2) is 6.31. The van der Waals surface area contributed by atoms with E-state index in [9.17, 15) is 4.79 Å². The summed E-state index contributed by atoms with van der Waals surface area (Å²) in [4.78, 5) is 13.4. The fraction of sp³-hybridized carbons (Fsp3) is 0.240. The van der Waals surface area contributed by atoms with Crippen molar-refractivity contribution in [2.75, 3.05) is 5.32 Å². The second-order valence-corrected chi connectivity index (χ2v) is 9.50. The van der Waals surface area contributed by atoms with Gasteiger partial charge in [-0.05, 0) is 45.9 Å². The first-order valence-corrected chi connectivity index (χ1v) is 10.5. The number of fused-ring (bicyclic) bond motifs is 4. The van der Waals surface area contributed by atoms with Crippen LogP contribution in [0.5, 0.6) is 0 Å². The fourth-order valence-corrected chi connectivity index (χ4v) is 5.29. The van der Waals surface area contributed by atoms with Crippen molar-refractivity contribution < 1.29 is 4.79 Å².